The monoisotopic (exact) mass is 517 g/mol. The maximum Gasteiger partial charge on any atom is -0.0318 e. The summed E-state index contributed by atoms with van der Waals surface area (Å²) >= 11 is 0. The average molecular weight is 517 g/mol. The van der Waals surface area contributed by atoms with E-state index in [1.54, 1.807) is 11.1 Å². The van der Waals surface area contributed by atoms with Gasteiger partial charge in [-0.3, -0.25) is 0 Å². The van der Waals surface area contributed by atoms with E-state index in [9.17, 15) is 0 Å². The molecule has 0 heteroatoms. The first-order chi connectivity index (χ1) is 18.2. The summed E-state index contributed by atoms with van der Waals surface area (Å²) in [4.78, 5) is 0. The summed E-state index contributed by atoms with van der Waals surface area (Å²) in [7, 11) is 0. The van der Waals surface area contributed by atoms with Crippen molar-refractivity contribution in [3.63, 3.8) is 0 Å². The Balaban J connectivity index is 3.42. The van der Waals surface area contributed by atoms with Crippen molar-refractivity contribution >= 4 is 0 Å². The molecule has 0 aliphatic carbocycles. The van der Waals surface area contributed by atoms with Crippen molar-refractivity contribution in [1.82, 2.24) is 0 Å². The van der Waals surface area contributed by atoms with Crippen molar-refractivity contribution in [3.05, 3.63) is 23.3 Å². The molecule has 220 valence electrons. The Labute approximate surface area is 236 Å². The van der Waals surface area contributed by atoms with Crippen LogP contribution in [0.2, 0.25) is 0 Å². The zero-order chi connectivity index (χ0) is 27.1. The molecule has 0 saturated carbocycles. The lowest BCUT2D eigenvalue weighted by molar-refractivity contribution is 0.535. The van der Waals surface area contributed by atoms with Crippen LogP contribution >= 0.6 is 0 Å². The number of hydrogen-bond donors (Lipinski definition) is 0. The third-order valence-corrected chi connectivity index (χ3v) is 8.26. The predicted octanol–water partition coefficient (Wildman–Crippen LogP) is 14.2. The second kappa shape index (κ2) is 31.7. The van der Waals surface area contributed by atoms with Gasteiger partial charge in [-0.05, 0) is 58.8 Å². The molecule has 0 aliphatic rings. The Hall–Kier alpha value is -0.520. The number of hydrogen-bond acceptors (Lipinski definition) is 0. The van der Waals surface area contributed by atoms with E-state index in [1.165, 1.54) is 186 Å². The maximum atomic E-state index is 2.39. The Bertz CT molecular complexity index is 478. The molecule has 0 unspecified atom stereocenters. The summed E-state index contributed by atoms with van der Waals surface area (Å²) in [6, 6.07) is 0. The summed E-state index contributed by atoms with van der Waals surface area (Å²) in [5.41, 5.74) is 3.39. The zero-order valence-corrected chi connectivity index (χ0v) is 26.7. The topological polar surface area (TPSA) is 0 Å². The standard InChI is InChI=1S/C37H72/c1-5-7-9-11-13-15-17-19-20-21-22-23-25-27-29-31-33-35-37(36(3)4)34-32-30-28-26-24-18-16-14-12-10-8-6-2/h9,11H,5-8,10,12-35H2,1-4H3. The van der Waals surface area contributed by atoms with Crippen molar-refractivity contribution in [2.24, 2.45) is 0 Å². The maximum absolute atomic E-state index is 2.39. The fourth-order valence-corrected chi connectivity index (χ4v) is 5.58. The number of allylic oxidation sites excluding steroid dienone is 4. The number of rotatable bonds is 30. The molecule has 0 fully saturated rings. The van der Waals surface area contributed by atoms with E-state index in [0.29, 0.717) is 0 Å². The lowest BCUT2D eigenvalue weighted by atomic mass is 9.96. The Morgan fingerprint density at radius 2 is 0.676 bits per heavy atom. The molecule has 0 spiro atoms. The lowest BCUT2D eigenvalue weighted by Gasteiger charge is -2.10. The third-order valence-electron chi connectivity index (χ3n) is 8.26. The minimum atomic E-state index is 1.26. The smallest absolute Gasteiger partial charge is 0.0318 e. The molecule has 0 atom stereocenters. The lowest BCUT2D eigenvalue weighted by Crippen LogP contribution is -1.90. The second-order valence-corrected chi connectivity index (χ2v) is 12.3. The molecule has 0 saturated heterocycles. The fourth-order valence-electron chi connectivity index (χ4n) is 5.58. The van der Waals surface area contributed by atoms with Crippen LogP contribution in [0.15, 0.2) is 23.3 Å². The van der Waals surface area contributed by atoms with Crippen LogP contribution in [0.3, 0.4) is 0 Å². The summed E-state index contributed by atoms with van der Waals surface area (Å²) in [5.74, 6) is 0. The van der Waals surface area contributed by atoms with Gasteiger partial charge >= 0.3 is 0 Å². The van der Waals surface area contributed by atoms with Crippen LogP contribution in [0.1, 0.15) is 214 Å². The van der Waals surface area contributed by atoms with Gasteiger partial charge in [0.15, 0.2) is 0 Å². The van der Waals surface area contributed by atoms with Crippen molar-refractivity contribution in [2.75, 3.05) is 0 Å². The highest BCUT2D eigenvalue weighted by Crippen LogP contribution is 2.22. The summed E-state index contributed by atoms with van der Waals surface area (Å²) in [6.07, 6.45) is 46.2. The quantitative estimate of drug-likeness (QED) is 0.0657. The van der Waals surface area contributed by atoms with Crippen molar-refractivity contribution < 1.29 is 0 Å². The van der Waals surface area contributed by atoms with Gasteiger partial charge < -0.3 is 0 Å². The summed E-state index contributed by atoms with van der Waals surface area (Å²) in [5, 5.41) is 0. The summed E-state index contributed by atoms with van der Waals surface area (Å²) in [6.45, 7) is 9.26. The van der Waals surface area contributed by atoms with Gasteiger partial charge in [-0.2, -0.15) is 0 Å². The molecular formula is C37H72. The molecule has 0 heterocycles. The van der Waals surface area contributed by atoms with Crippen LogP contribution in [0, 0.1) is 0 Å². The van der Waals surface area contributed by atoms with Gasteiger partial charge in [0.2, 0.25) is 0 Å². The highest BCUT2D eigenvalue weighted by atomic mass is 14.1. The molecule has 0 aromatic rings. The van der Waals surface area contributed by atoms with Gasteiger partial charge in [-0.1, -0.05) is 178 Å². The Morgan fingerprint density at radius 1 is 0.351 bits per heavy atom. The predicted molar refractivity (Wildman–Crippen MR) is 173 cm³/mol. The highest BCUT2D eigenvalue weighted by Gasteiger charge is 2.02. The van der Waals surface area contributed by atoms with Crippen LogP contribution < -0.4 is 0 Å². The highest BCUT2D eigenvalue weighted by molar-refractivity contribution is 5.09. The second-order valence-electron chi connectivity index (χ2n) is 12.3. The number of unbranched alkanes of at least 4 members (excludes halogenated alkanes) is 24. The van der Waals surface area contributed by atoms with Gasteiger partial charge in [0.05, 0.1) is 0 Å². The van der Waals surface area contributed by atoms with Crippen LogP contribution in [-0.4, -0.2) is 0 Å². The summed E-state index contributed by atoms with van der Waals surface area (Å²) < 4.78 is 0. The van der Waals surface area contributed by atoms with Gasteiger partial charge in [0.25, 0.3) is 0 Å². The Kier molecular flexibility index (Phi) is 31.3. The van der Waals surface area contributed by atoms with E-state index in [0.717, 1.165) is 0 Å². The molecule has 0 aliphatic heterocycles. The van der Waals surface area contributed by atoms with Crippen LogP contribution in [-0.2, 0) is 0 Å². The zero-order valence-electron chi connectivity index (χ0n) is 26.7. The van der Waals surface area contributed by atoms with Crippen LogP contribution in [0.25, 0.3) is 0 Å². The largest absolute Gasteiger partial charge is 0.0885 e. The van der Waals surface area contributed by atoms with Gasteiger partial charge in [-0.15, -0.1) is 0 Å². The first kappa shape index (κ1) is 36.5. The van der Waals surface area contributed by atoms with Gasteiger partial charge in [-0.25, -0.2) is 0 Å². The van der Waals surface area contributed by atoms with Crippen molar-refractivity contribution in [1.29, 1.82) is 0 Å². The van der Waals surface area contributed by atoms with Crippen LogP contribution in [0.5, 0.6) is 0 Å². The van der Waals surface area contributed by atoms with Crippen molar-refractivity contribution in [2.45, 2.75) is 214 Å². The van der Waals surface area contributed by atoms with E-state index >= 15 is 0 Å². The molecule has 0 radical (unpaired) electrons. The van der Waals surface area contributed by atoms with E-state index in [1.807, 2.05) is 0 Å². The molecule has 0 amide bonds. The minimum Gasteiger partial charge on any atom is -0.0885 e. The first-order valence-corrected chi connectivity index (χ1v) is 17.5. The molecule has 0 aromatic carbocycles. The molecule has 0 aromatic heterocycles. The Morgan fingerprint density at radius 3 is 1.03 bits per heavy atom. The molecule has 0 nitrogen and oxygen atoms in total. The van der Waals surface area contributed by atoms with E-state index in [4.69, 9.17) is 0 Å². The molecule has 37 heavy (non-hydrogen) atoms. The SMILES string of the molecule is CCCC=CCCCCCCCCCCCCCCC(CCCCCCCCCCCCCC)=C(C)C. The van der Waals surface area contributed by atoms with Crippen LogP contribution in [0.4, 0.5) is 0 Å². The normalized spacial score (nSPS) is 11.6. The average Bonchev–Trinajstić information content (AvgIpc) is 2.89. The first-order valence-electron chi connectivity index (χ1n) is 17.5. The van der Waals surface area contributed by atoms with E-state index in [2.05, 4.69) is 39.8 Å². The molecular weight excluding hydrogens is 444 g/mol. The van der Waals surface area contributed by atoms with Gasteiger partial charge in [0, 0.05) is 0 Å². The molecule has 0 N–H and O–H groups in total. The minimum absolute atomic E-state index is 1.26. The third kappa shape index (κ3) is 29.9. The van der Waals surface area contributed by atoms with E-state index in [-0.39, 0.29) is 0 Å². The van der Waals surface area contributed by atoms with Crippen molar-refractivity contribution in [3.8, 4) is 0 Å². The molecule has 0 rings (SSSR count). The van der Waals surface area contributed by atoms with E-state index < -0.39 is 0 Å². The van der Waals surface area contributed by atoms with Gasteiger partial charge in [0.1, 0.15) is 0 Å². The molecule has 0 bridgehead atoms. The fraction of sp³-hybridized carbons (Fsp3) is 0.892.